The van der Waals surface area contributed by atoms with Crippen molar-refractivity contribution in [3.63, 3.8) is 0 Å². The summed E-state index contributed by atoms with van der Waals surface area (Å²) >= 11 is 0. The van der Waals surface area contributed by atoms with E-state index in [1.54, 1.807) is 0 Å². The zero-order valence-electron chi connectivity index (χ0n) is 18.5. The van der Waals surface area contributed by atoms with Gasteiger partial charge < -0.3 is 37.2 Å². The van der Waals surface area contributed by atoms with E-state index in [4.69, 9.17) is 15.9 Å². The molecule has 32 heavy (non-hydrogen) atoms. The van der Waals surface area contributed by atoms with Crippen LogP contribution < -0.4 is 27.0 Å². The second kappa shape index (κ2) is 18.8. The van der Waals surface area contributed by atoms with Gasteiger partial charge in [0, 0.05) is 38.9 Å². The standard InChI is InChI=1S/C20H37N5O7/c21-11-3-1-4-12-22-16(26)8-9-17(27)23-13-5-2-6-14-24-20(32)25-15(19(30)31)7-10-18(28)29/h15H,1-14,21H2,(H,22,26)(H,23,27)(H,28,29)(H,30,31)(H2,24,25,32)/t15-/m1/s1. The highest BCUT2D eigenvalue weighted by molar-refractivity contribution is 5.84. The van der Waals surface area contributed by atoms with E-state index in [1.165, 1.54) is 0 Å². The Balaban J connectivity index is 3.70. The number of carboxylic acids is 2. The van der Waals surface area contributed by atoms with E-state index < -0.39 is 24.0 Å². The van der Waals surface area contributed by atoms with Crippen LogP contribution >= 0.6 is 0 Å². The van der Waals surface area contributed by atoms with E-state index in [1.807, 2.05) is 0 Å². The van der Waals surface area contributed by atoms with Crippen LogP contribution in [0.3, 0.4) is 0 Å². The molecule has 0 rings (SSSR count). The van der Waals surface area contributed by atoms with Gasteiger partial charge >= 0.3 is 18.0 Å². The highest BCUT2D eigenvalue weighted by Crippen LogP contribution is 1.99. The number of hydrogen-bond donors (Lipinski definition) is 7. The van der Waals surface area contributed by atoms with Gasteiger partial charge in [-0.05, 0) is 45.1 Å². The van der Waals surface area contributed by atoms with Crippen LogP contribution in [0.15, 0.2) is 0 Å². The third kappa shape index (κ3) is 17.9. The Morgan fingerprint density at radius 3 is 1.66 bits per heavy atom. The number of rotatable bonds is 19. The second-order valence-electron chi connectivity index (χ2n) is 7.33. The van der Waals surface area contributed by atoms with Crippen LogP contribution in [0.5, 0.6) is 0 Å². The lowest BCUT2D eigenvalue weighted by Gasteiger charge is -2.14. The van der Waals surface area contributed by atoms with Crippen LogP contribution in [0.1, 0.15) is 64.2 Å². The fraction of sp³-hybridized carbons (Fsp3) is 0.750. The molecule has 8 N–H and O–H groups in total. The van der Waals surface area contributed by atoms with E-state index in [2.05, 4.69) is 21.3 Å². The van der Waals surface area contributed by atoms with Crippen molar-refractivity contribution >= 4 is 29.8 Å². The summed E-state index contributed by atoms with van der Waals surface area (Å²) in [5, 5.41) is 27.8. The van der Waals surface area contributed by atoms with Crippen molar-refractivity contribution in [3.8, 4) is 0 Å². The van der Waals surface area contributed by atoms with Crippen LogP contribution in [0, 0.1) is 0 Å². The number of urea groups is 1. The minimum Gasteiger partial charge on any atom is -0.481 e. The molecule has 0 bridgehead atoms. The van der Waals surface area contributed by atoms with E-state index in [9.17, 15) is 24.0 Å². The second-order valence-corrected chi connectivity index (χ2v) is 7.33. The molecule has 0 aliphatic heterocycles. The lowest BCUT2D eigenvalue weighted by molar-refractivity contribution is -0.140. The average molecular weight is 460 g/mol. The summed E-state index contributed by atoms with van der Waals surface area (Å²) in [6.45, 7) is 2.01. The maximum absolute atomic E-state index is 11.7. The summed E-state index contributed by atoms with van der Waals surface area (Å²) in [7, 11) is 0. The van der Waals surface area contributed by atoms with Gasteiger partial charge in [0.2, 0.25) is 11.8 Å². The molecule has 0 saturated heterocycles. The predicted octanol–water partition coefficient (Wildman–Crippen LogP) is -0.0845. The molecule has 12 heteroatoms. The molecule has 0 aromatic heterocycles. The van der Waals surface area contributed by atoms with E-state index >= 15 is 0 Å². The Labute approximate surface area is 188 Å². The average Bonchev–Trinajstić information content (AvgIpc) is 2.73. The monoisotopic (exact) mass is 459 g/mol. The number of nitrogens with two attached hydrogens (primary N) is 1. The number of carbonyl (C=O) groups is 5. The number of amides is 4. The van der Waals surface area contributed by atoms with Gasteiger partial charge in [0.05, 0.1) is 0 Å². The third-order valence-corrected chi connectivity index (χ3v) is 4.49. The lowest BCUT2D eigenvalue weighted by Crippen LogP contribution is -2.46. The molecule has 0 spiro atoms. The quantitative estimate of drug-likeness (QED) is 0.130. The first-order valence-corrected chi connectivity index (χ1v) is 11.0. The summed E-state index contributed by atoms with van der Waals surface area (Å²) in [5.74, 6) is -2.77. The van der Waals surface area contributed by atoms with Gasteiger partial charge in [-0.15, -0.1) is 0 Å². The van der Waals surface area contributed by atoms with Gasteiger partial charge in [-0.3, -0.25) is 14.4 Å². The Kier molecular flexibility index (Phi) is 17.1. The van der Waals surface area contributed by atoms with Crippen molar-refractivity contribution in [3.05, 3.63) is 0 Å². The predicted molar refractivity (Wildman–Crippen MR) is 117 cm³/mol. The van der Waals surface area contributed by atoms with Crippen molar-refractivity contribution in [1.82, 2.24) is 21.3 Å². The Bertz CT molecular complexity index is 601. The summed E-state index contributed by atoms with van der Waals surface area (Å²) in [5.41, 5.74) is 5.40. The fourth-order valence-corrected chi connectivity index (χ4v) is 2.67. The molecular formula is C20H37N5O7. The first-order valence-electron chi connectivity index (χ1n) is 11.0. The van der Waals surface area contributed by atoms with Crippen molar-refractivity contribution in [1.29, 1.82) is 0 Å². The van der Waals surface area contributed by atoms with Gasteiger partial charge in [0.25, 0.3) is 0 Å². The summed E-state index contributed by atoms with van der Waals surface area (Å²) in [4.78, 5) is 56.6. The molecule has 0 unspecified atom stereocenters. The topological polar surface area (TPSA) is 200 Å². The van der Waals surface area contributed by atoms with Crippen LogP contribution in [-0.4, -0.2) is 72.2 Å². The number of carboxylic acid groups (broad SMARTS) is 2. The molecule has 0 aromatic carbocycles. The molecule has 12 nitrogen and oxygen atoms in total. The van der Waals surface area contributed by atoms with Gasteiger partial charge in [-0.25, -0.2) is 9.59 Å². The van der Waals surface area contributed by atoms with Gasteiger partial charge in [-0.1, -0.05) is 6.42 Å². The smallest absolute Gasteiger partial charge is 0.326 e. The number of aliphatic carboxylic acids is 2. The number of unbranched alkanes of at least 4 members (excludes halogenated alkanes) is 4. The maximum Gasteiger partial charge on any atom is 0.326 e. The number of hydrogen-bond acceptors (Lipinski definition) is 6. The number of nitrogens with one attached hydrogen (secondary N) is 4. The Morgan fingerprint density at radius 1 is 0.688 bits per heavy atom. The molecule has 1 atom stereocenters. The first kappa shape index (κ1) is 29.1. The van der Waals surface area contributed by atoms with Crippen LogP contribution in [0.2, 0.25) is 0 Å². The third-order valence-electron chi connectivity index (χ3n) is 4.49. The molecule has 0 aliphatic rings. The van der Waals surface area contributed by atoms with E-state index in [-0.39, 0.29) is 37.5 Å². The largest absolute Gasteiger partial charge is 0.481 e. The minimum absolute atomic E-state index is 0.128. The van der Waals surface area contributed by atoms with Crippen molar-refractivity contribution in [2.75, 3.05) is 26.2 Å². The molecule has 0 aliphatic carbocycles. The molecule has 184 valence electrons. The fourth-order valence-electron chi connectivity index (χ4n) is 2.67. The van der Waals surface area contributed by atoms with E-state index in [0.717, 1.165) is 25.7 Å². The van der Waals surface area contributed by atoms with Crippen LogP contribution in [-0.2, 0) is 19.2 Å². The maximum atomic E-state index is 11.7. The Morgan fingerprint density at radius 2 is 1.19 bits per heavy atom. The van der Waals surface area contributed by atoms with Crippen LogP contribution in [0.25, 0.3) is 0 Å². The summed E-state index contributed by atoms with van der Waals surface area (Å²) < 4.78 is 0. The molecule has 4 amide bonds. The van der Waals surface area contributed by atoms with Gasteiger partial charge in [-0.2, -0.15) is 0 Å². The highest BCUT2D eigenvalue weighted by Gasteiger charge is 2.20. The van der Waals surface area contributed by atoms with E-state index in [0.29, 0.717) is 39.0 Å². The molecule has 0 radical (unpaired) electrons. The van der Waals surface area contributed by atoms with Crippen molar-refractivity contribution in [2.45, 2.75) is 70.3 Å². The zero-order chi connectivity index (χ0) is 24.2. The molecule has 0 saturated carbocycles. The van der Waals surface area contributed by atoms with Crippen molar-refractivity contribution < 1.29 is 34.2 Å². The number of carbonyl (C=O) groups excluding carboxylic acids is 3. The summed E-state index contributed by atoms with van der Waals surface area (Å²) in [6, 6.07) is -1.94. The Hall–Kier alpha value is -2.89. The molecule has 0 fully saturated rings. The first-order chi connectivity index (χ1) is 15.3. The van der Waals surface area contributed by atoms with Crippen LogP contribution in [0.4, 0.5) is 4.79 Å². The molecular weight excluding hydrogens is 422 g/mol. The lowest BCUT2D eigenvalue weighted by atomic mass is 10.1. The minimum atomic E-state index is -1.29. The molecule has 0 aromatic rings. The zero-order valence-corrected chi connectivity index (χ0v) is 18.5. The van der Waals surface area contributed by atoms with Gasteiger partial charge in [0.15, 0.2) is 0 Å². The van der Waals surface area contributed by atoms with Crippen molar-refractivity contribution in [2.24, 2.45) is 5.73 Å². The highest BCUT2D eigenvalue weighted by atomic mass is 16.4. The normalized spacial score (nSPS) is 11.3. The SMILES string of the molecule is NCCCCCNC(=O)CCC(=O)NCCCCCNC(=O)N[C@H](CCC(=O)O)C(=O)O. The molecule has 0 heterocycles. The van der Waals surface area contributed by atoms with Gasteiger partial charge in [0.1, 0.15) is 6.04 Å². The summed E-state index contributed by atoms with van der Waals surface area (Å²) in [6.07, 6.45) is 4.53.